The fraction of sp³-hybridized carbons (Fsp3) is 1.00. The predicted molar refractivity (Wildman–Crippen MR) is 49.5 cm³/mol. The van der Waals surface area contributed by atoms with E-state index >= 15 is 0 Å². The molecule has 0 heterocycles. The van der Waals surface area contributed by atoms with Crippen LogP contribution < -0.4 is 0 Å². The minimum Gasteiger partial charge on any atom is -0.0890 e. The highest BCUT2D eigenvalue weighted by atomic mass is 79.9. The van der Waals surface area contributed by atoms with E-state index in [1.165, 1.54) is 19.3 Å². The molecule has 1 aliphatic carbocycles. The van der Waals surface area contributed by atoms with Gasteiger partial charge in [0.15, 0.2) is 0 Å². The van der Waals surface area contributed by atoms with E-state index in [1.807, 2.05) is 0 Å². The Hall–Kier alpha value is 0.480. The Balaban J connectivity index is 2.51. The van der Waals surface area contributed by atoms with Crippen molar-refractivity contribution in [3.63, 3.8) is 0 Å². The fourth-order valence-electron chi connectivity index (χ4n) is 2.23. The van der Waals surface area contributed by atoms with Gasteiger partial charge in [-0.3, -0.25) is 0 Å². The van der Waals surface area contributed by atoms with Crippen LogP contribution in [0.15, 0.2) is 0 Å². The van der Waals surface area contributed by atoms with Gasteiger partial charge in [0.05, 0.1) is 0 Å². The molecule has 0 aromatic carbocycles. The summed E-state index contributed by atoms with van der Waals surface area (Å²) in [6, 6.07) is 0. The van der Waals surface area contributed by atoms with Gasteiger partial charge in [-0.05, 0) is 30.6 Å². The first kappa shape index (κ1) is 8.58. The highest BCUT2D eigenvalue weighted by molar-refractivity contribution is 9.09. The van der Waals surface area contributed by atoms with E-state index in [9.17, 15) is 0 Å². The maximum Gasteiger partial charge on any atom is 0.0153 e. The van der Waals surface area contributed by atoms with E-state index in [1.54, 1.807) is 0 Å². The lowest BCUT2D eigenvalue weighted by atomic mass is 9.73. The van der Waals surface area contributed by atoms with Crippen molar-refractivity contribution >= 4 is 15.9 Å². The van der Waals surface area contributed by atoms with Crippen LogP contribution in [0, 0.1) is 11.3 Å². The molecule has 0 bridgehead atoms. The predicted octanol–water partition coefficient (Wildman–Crippen LogP) is 3.60. The Bertz CT molecular complexity index is 106. The molecule has 0 aliphatic heterocycles. The molecule has 1 rings (SSSR count). The van der Waals surface area contributed by atoms with Crippen LogP contribution >= 0.6 is 15.9 Å². The molecule has 0 aromatic heterocycles. The van der Waals surface area contributed by atoms with Crippen molar-refractivity contribution in [2.24, 2.45) is 11.3 Å². The van der Waals surface area contributed by atoms with Gasteiger partial charge < -0.3 is 0 Å². The van der Waals surface area contributed by atoms with Crippen LogP contribution in [0.2, 0.25) is 0 Å². The SMILES string of the molecule is C[C@@H]1C[C@H](Br)CC(C)(C)C1. The quantitative estimate of drug-likeness (QED) is 0.530. The molecule has 10 heavy (non-hydrogen) atoms. The third-order valence-corrected chi connectivity index (χ3v) is 3.03. The minimum absolute atomic E-state index is 0.575. The van der Waals surface area contributed by atoms with Gasteiger partial charge in [0.1, 0.15) is 0 Å². The summed E-state index contributed by atoms with van der Waals surface area (Å²) in [7, 11) is 0. The summed E-state index contributed by atoms with van der Waals surface area (Å²) in [5, 5.41) is 0. The smallest absolute Gasteiger partial charge is 0.0153 e. The third kappa shape index (κ3) is 2.26. The van der Waals surface area contributed by atoms with Crippen molar-refractivity contribution in [2.75, 3.05) is 0 Å². The van der Waals surface area contributed by atoms with Crippen molar-refractivity contribution in [2.45, 2.75) is 44.9 Å². The van der Waals surface area contributed by atoms with Gasteiger partial charge in [0, 0.05) is 4.83 Å². The lowest BCUT2D eigenvalue weighted by Gasteiger charge is -2.36. The van der Waals surface area contributed by atoms with E-state index in [2.05, 4.69) is 36.7 Å². The summed E-state index contributed by atoms with van der Waals surface area (Å²) >= 11 is 3.70. The summed E-state index contributed by atoms with van der Waals surface area (Å²) in [6.07, 6.45) is 4.11. The van der Waals surface area contributed by atoms with Crippen molar-refractivity contribution < 1.29 is 0 Å². The van der Waals surface area contributed by atoms with Crippen LogP contribution in [0.5, 0.6) is 0 Å². The summed E-state index contributed by atoms with van der Waals surface area (Å²) < 4.78 is 0. The van der Waals surface area contributed by atoms with Gasteiger partial charge >= 0.3 is 0 Å². The second-order valence-corrected chi connectivity index (χ2v) is 5.81. The number of rotatable bonds is 0. The zero-order valence-electron chi connectivity index (χ0n) is 7.15. The molecule has 60 valence electrons. The van der Waals surface area contributed by atoms with Crippen molar-refractivity contribution in [3.8, 4) is 0 Å². The molecule has 0 saturated heterocycles. The number of hydrogen-bond acceptors (Lipinski definition) is 0. The molecule has 1 fully saturated rings. The maximum absolute atomic E-state index is 3.70. The largest absolute Gasteiger partial charge is 0.0890 e. The third-order valence-electron chi connectivity index (χ3n) is 2.33. The first-order valence-electron chi connectivity index (χ1n) is 4.14. The zero-order chi connectivity index (χ0) is 7.78. The van der Waals surface area contributed by atoms with Crippen LogP contribution in [0.1, 0.15) is 40.0 Å². The standard InChI is InChI=1S/C9H17Br/c1-7-4-8(10)6-9(2,3)5-7/h7-8H,4-6H2,1-3H3/t7-,8+/m1/s1. The Morgan fingerprint density at radius 2 is 1.90 bits per heavy atom. The highest BCUT2D eigenvalue weighted by Gasteiger charge is 2.30. The molecule has 1 aliphatic rings. The van der Waals surface area contributed by atoms with Crippen LogP contribution in [-0.4, -0.2) is 4.83 Å². The van der Waals surface area contributed by atoms with E-state index < -0.39 is 0 Å². The number of alkyl halides is 1. The van der Waals surface area contributed by atoms with Gasteiger partial charge in [0.25, 0.3) is 0 Å². The summed E-state index contributed by atoms with van der Waals surface area (Å²) in [5.41, 5.74) is 0.575. The van der Waals surface area contributed by atoms with Crippen LogP contribution in [-0.2, 0) is 0 Å². The Morgan fingerprint density at radius 1 is 1.30 bits per heavy atom. The summed E-state index contributed by atoms with van der Waals surface area (Å²) in [6.45, 7) is 7.10. The van der Waals surface area contributed by atoms with Gasteiger partial charge in [-0.2, -0.15) is 0 Å². The number of hydrogen-bond donors (Lipinski definition) is 0. The van der Waals surface area contributed by atoms with Crippen molar-refractivity contribution in [1.29, 1.82) is 0 Å². The topological polar surface area (TPSA) is 0 Å². The number of halogens is 1. The van der Waals surface area contributed by atoms with Crippen LogP contribution in [0.25, 0.3) is 0 Å². The van der Waals surface area contributed by atoms with Crippen LogP contribution in [0.3, 0.4) is 0 Å². The average molecular weight is 205 g/mol. The van der Waals surface area contributed by atoms with Gasteiger partial charge in [0.2, 0.25) is 0 Å². The molecule has 0 amide bonds. The monoisotopic (exact) mass is 204 g/mol. The molecule has 0 radical (unpaired) electrons. The zero-order valence-corrected chi connectivity index (χ0v) is 8.74. The maximum atomic E-state index is 3.70. The molecule has 0 nitrogen and oxygen atoms in total. The Kier molecular flexibility index (Phi) is 2.44. The normalized spacial score (nSPS) is 39.6. The lowest BCUT2D eigenvalue weighted by Crippen LogP contribution is -2.27. The molecular formula is C9H17Br. The molecule has 1 saturated carbocycles. The van der Waals surface area contributed by atoms with Crippen LogP contribution in [0.4, 0.5) is 0 Å². The second kappa shape index (κ2) is 2.84. The van der Waals surface area contributed by atoms with E-state index in [-0.39, 0.29) is 0 Å². The van der Waals surface area contributed by atoms with E-state index in [0.29, 0.717) is 5.41 Å². The van der Waals surface area contributed by atoms with Crippen molar-refractivity contribution in [3.05, 3.63) is 0 Å². The molecule has 1 heteroatoms. The van der Waals surface area contributed by atoms with E-state index in [4.69, 9.17) is 0 Å². The van der Waals surface area contributed by atoms with Gasteiger partial charge in [-0.1, -0.05) is 36.7 Å². The minimum atomic E-state index is 0.575. The molecule has 0 aromatic rings. The Labute approximate surface area is 72.5 Å². The average Bonchev–Trinajstić information content (AvgIpc) is 1.54. The first-order valence-corrected chi connectivity index (χ1v) is 5.05. The molecule has 2 atom stereocenters. The van der Waals surface area contributed by atoms with Crippen molar-refractivity contribution in [1.82, 2.24) is 0 Å². The van der Waals surface area contributed by atoms with E-state index in [0.717, 1.165) is 10.7 Å². The highest BCUT2D eigenvalue weighted by Crippen LogP contribution is 2.41. The van der Waals surface area contributed by atoms with Gasteiger partial charge in [-0.25, -0.2) is 0 Å². The van der Waals surface area contributed by atoms with Gasteiger partial charge in [-0.15, -0.1) is 0 Å². The summed E-state index contributed by atoms with van der Waals surface area (Å²) in [5.74, 6) is 0.910. The lowest BCUT2D eigenvalue weighted by molar-refractivity contribution is 0.199. The summed E-state index contributed by atoms with van der Waals surface area (Å²) in [4.78, 5) is 0.770. The second-order valence-electron chi connectivity index (χ2n) is 4.51. The first-order chi connectivity index (χ1) is 4.49. The molecule has 0 N–H and O–H groups in total. The fourth-order valence-corrected chi connectivity index (χ4v) is 3.74. The Morgan fingerprint density at radius 3 is 2.30 bits per heavy atom. The molecular weight excluding hydrogens is 188 g/mol. The molecule has 0 spiro atoms. The molecule has 0 unspecified atom stereocenters.